The van der Waals surface area contributed by atoms with Crippen LogP contribution in [0, 0.1) is 12.7 Å². The molecule has 90 valence electrons. The number of aryl methyl sites for hydroxylation is 1. The van der Waals surface area contributed by atoms with Crippen LogP contribution in [0.15, 0.2) is 18.2 Å². The highest BCUT2D eigenvalue weighted by Gasteiger charge is 2.18. The van der Waals surface area contributed by atoms with Crippen LogP contribution >= 0.6 is 0 Å². The zero-order chi connectivity index (χ0) is 12.4. The molecule has 0 bridgehead atoms. The topological polar surface area (TPSA) is 44.9 Å². The average Bonchev–Trinajstić information content (AvgIpc) is 2.64. The summed E-state index contributed by atoms with van der Waals surface area (Å²) >= 11 is 0. The molecule has 4 heteroatoms. The number of aromatic nitrogens is 1. The van der Waals surface area contributed by atoms with E-state index >= 15 is 0 Å². The highest BCUT2D eigenvalue weighted by atomic mass is 19.1. The van der Waals surface area contributed by atoms with E-state index < -0.39 is 0 Å². The van der Waals surface area contributed by atoms with Gasteiger partial charge in [0.15, 0.2) is 0 Å². The van der Waals surface area contributed by atoms with Crippen molar-refractivity contribution in [3.05, 3.63) is 35.3 Å². The van der Waals surface area contributed by atoms with Crippen molar-refractivity contribution in [3.8, 4) is 0 Å². The third kappa shape index (κ3) is 2.02. The summed E-state index contributed by atoms with van der Waals surface area (Å²) in [6.07, 6.45) is 0.857. The Morgan fingerprint density at radius 2 is 2.24 bits per heavy atom. The Kier molecular flexibility index (Phi) is 3.13. The third-order valence-electron chi connectivity index (χ3n) is 2.72. The first-order valence-electron chi connectivity index (χ1n) is 5.70. The number of carbonyl (C=O) groups excluding carboxylic acids is 1. The second-order valence-corrected chi connectivity index (χ2v) is 4.04. The van der Waals surface area contributed by atoms with Gasteiger partial charge in [-0.1, -0.05) is 13.0 Å². The molecule has 1 amide bonds. The van der Waals surface area contributed by atoms with Crippen molar-refractivity contribution < 1.29 is 9.18 Å². The molecule has 0 saturated carbocycles. The smallest absolute Gasteiger partial charge is 0.253 e. The first-order valence-corrected chi connectivity index (χ1v) is 5.70. The molecule has 3 nitrogen and oxygen atoms in total. The third-order valence-corrected chi connectivity index (χ3v) is 2.72. The number of hydrogen-bond donors (Lipinski definition) is 2. The Balaban J connectivity index is 2.52. The summed E-state index contributed by atoms with van der Waals surface area (Å²) in [4.78, 5) is 15.0. The summed E-state index contributed by atoms with van der Waals surface area (Å²) in [5.74, 6) is -0.589. The van der Waals surface area contributed by atoms with Crippen LogP contribution in [0.2, 0.25) is 0 Å². The molecule has 1 heterocycles. The lowest BCUT2D eigenvalue weighted by Gasteiger charge is -2.03. The number of amides is 1. The van der Waals surface area contributed by atoms with Gasteiger partial charge in [0.05, 0.1) is 5.56 Å². The maximum atomic E-state index is 13.7. The summed E-state index contributed by atoms with van der Waals surface area (Å²) in [7, 11) is 0. The van der Waals surface area contributed by atoms with E-state index in [9.17, 15) is 9.18 Å². The van der Waals surface area contributed by atoms with Crippen molar-refractivity contribution in [2.45, 2.75) is 20.3 Å². The van der Waals surface area contributed by atoms with Crippen LogP contribution in [-0.2, 0) is 0 Å². The average molecular weight is 234 g/mol. The van der Waals surface area contributed by atoms with E-state index in [4.69, 9.17) is 0 Å². The monoisotopic (exact) mass is 234 g/mol. The van der Waals surface area contributed by atoms with Crippen LogP contribution in [0.25, 0.3) is 10.9 Å². The summed E-state index contributed by atoms with van der Waals surface area (Å²) < 4.78 is 13.7. The van der Waals surface area contributed by atoms with E-state index in [2.05, 4.69) is 10.3 Å². The Hall–Kier alpha value is -1.84. The highest BCUT2D eigenvalue weighted by Crippen LogP contribution is 2.24. The lowest BCUT2D eigenvalue weighted by molar-refractivity contribution is 0.0954. The van der Waals surface area contributed by atoms with Crippen molar-refractivity contribution in [1.29, 1.82) is 0 Å². The fraction of sp³-hybridized carbons (Fsp3) is 0.308. The Bertz CT molecular complexity index is 560. The molecule has 2 aromatic rings. The molecule has 0 fully saturated rings. The van der Waals surface area contributed by atoms with Gasteiger partial charge in [0, 0.05) is 23.1 Å². The Morgan fingerprint density at radius 1 is 1.47 bits per heavy atom. The first-order chi connectivity index (χ1) is 8.15. The van der Waals surface area contributed by atoms with Crippen LogP contribution in [0.4, 0.5) is 4.39 Å². The van der Waals surface area contributed by atoms with Gasteiger partial charge >= 0.3 is 0 Å². The van der Waals surface area contributed by atoms with E-state index in [-0.39, 0.29) is 11.7 Å². The molecule has 2 N–H and O–H groups in total. The van der Waals surface area contributed by atoms with E-state index in [0.717, 1.165) is 6.42 Å². The molecule has 0 unspecified atom stereocenters. The van der Waals surface area contributed by atoms with Crippen LogP contribution < -0.4 is 5.32 Å². The van der Waals surface area contributed by atoms with Crippen molar-refractivity contribution >= 4 is 16.8 Å². The lowest BCUT2D eigenvalue weighted by Crippen LogP contribution is -2.24. The minimum absolute atomic E-state index is 0.222. The van der Waals surface area contributed by atoms with Crippen molar-refractivity contribution in [3.63, 3.8) is 0 Å². The molecule has 2 rings (SSSR count). The zero-order valence-corrected chi connectivity index (χ0v) is 9.93. The fourth-order valence-electron chi connectivity index (χ4n) is 1.95. The molecule has 0 aliphatic heterocycles. The van der Waals surface area contributed by atoms with E-state index in [1.807, 2.05) is 6.92 Å². The van der Waals surface area contributed by atoms with Crippen LogP contribution in [0.5, 0.6) is 0 Å². The maximum absolute atomic E-state index is 13.7. The molecule has 0 atom stereocenters. The molecule has 0 spiro atoms. The summed E-state index contributed by atoms with van der Waals surface area (Å²) in [5.41, 5.74) is 1.76. The van der Waals surface area contributed by atoms with Gasteiger partial charge < -0.3 is 10.3 Å². The fourth-order valence-corrected chi connectivity index (χ4v) is 1.95. The molecular formula is C13H15FN2O. The Labute approximate surface area is 99.0 Å². The van der Waals surface area contributed by atoms with E-state index in [1.165, 1.54) is 6.07 Å². The number of hydrogen-bond acceptors (Lipinski definition) is 1. The molecule has 0 saturated heterocycles. The number of rotatable bonds is 3. The second kappa shape index (κ2) is 4.57. The van der Waals surface area contributed by atoms with Gasteiger partial charge in [-0.15, -0.1) is 0 Å². The van der Waals surface area contributed by atoms with Gasteiger partial charge in [0.2, 0.25) is 0 Å². The SMILES string of the molecule is CCCNC(=O)c1c(C)[nH]c2cccc(F)c12. The number of carbonyl (C=O) groups is 1. The van der Waals surface area contributed by atoms with Gasteiger partial charge in [-0.25, -0.2) is 4.39 Å². The lowest BCUT2D eigenvalue weighted by atomic mass is 10.1. The molecule has 0 aliphatic carbocycles. The predicted molar refractivity (Wildman–Crippen MR) is 65.6 cm³/mol. The standard InChI is InChI=1S/C13H15FN2O/c1-3-7-15-13(17)11-8(2)16-10-6-4-5-9(14)12(10)11/h4-6,16H,3,7H2,1-2H3,(H,15,17). The minimum Gasteiger partial charge on any atom is -0.358 e. The van der Waals surface area contributed by atoms with Crippen molar-refractivity contribution in [2.75, 3.05) is 6.54 Å². The van der Waals surface area contributed by atoms with E-state index in [1.54, 1.807) is 19.1 Å². The van der Waals surface area contributed by atoms with Gasteiger partial charge in [0.25, 0.3) is 5.91 Å². The number of aromatic amines is 1. The minimum atomic E-state index is -0.367. The summed E-state index contributed by atoms with van der Waals surface area (Å²) in [6.45, 7) is 4.35. The van der Waals surface area contributed by atoms with Crippen LogP contribution in [0.1, 0.15) is 29.4 Å². The highest BCUT2D eigenvalue weighted by molar-refractivity contribution is 6.08. The van der Waals surface area contributed by atoms with Gasteiger partial charge in [0.1, 0.15) is 5.82 Å². The normalized spacial score (nSPS) is 10.8. The van der Waals surface area contributed by atoms with Gasteiger partial charge in [-0.3, -0.25) is 4.79 Å². The van der Waals surface area contributed by atoms with Crippen molar-refractivity contribution in [2.24, 2.45) is 0 Å². The summed E-state index contributed by atoms with van der Waals surface area (Å²) in [5, 5.41) is 3.14. The van der Waals surface area contributed by atoms with Crippen LogP contribution in [0.3, 0.4) is 0 Å². The quantitative estimate of drug-likeness (QED) is 0.842. The maximum Gasteiger partial charge on any atom is 0.253 e. The number of nitrogens with one attached hydrogen (secondary N) is 2. The molecule has 1 aromatic heterocycles. The number of H-pyrrole nitrogens is 1. The number of halogens is 1. The molecule has 1 aromatic carbocycles. The molecule has 0 aliphatic rings. The largest absolute Gasteiger partial charge is 0.358 e. The molecule has 0 radical (unpaired) electrons. The zero-order valence-electron chi connectivity index (χ0n) is 9.93. The van der Waals surface area contributed by atoms with Gasteiger partial charge in [-0.05, 0) is 25.5 Å². The second-order valence-electron chi connectivity index (χ2n) is 4.04. The van der Waals surface area contributed by atoms with Gasteiger partial charge in [-0.2, -0.15) is 0 Å². The van der Waals surface area contributed by atoms with E-state index in [0.29, 0.717) is 28.7 Å². The van der Waals surface area contributed by atoms with Crippen molar-refractivity contribution in [1.82, 2.24) is 10.3 Å². The first kappa shape index (κ1) is 11.6. The predicted octanol–water partition coefficient (Wildman–Crippen LogP) is 2.76. The molecule has 17 heavy (non-hydrogen) atoms. The van der Waals surface area contributed by atoms with Crippen LogP contribution in [-0.4, -0.2) is 17.4 Å². The number of fused-ring (bicyclic) bond motifs is 1. The Morgan fingerprint density at radius 3 is 2.94 bits per heavy atom. The summed E-state index contributed by atoms with van der Waals surface area (Å²) in [6, 6.07) is 4.76. The number of benzene rings is 1. The molecular weight excluding hydrogens is 219 g/mol.